The topological polar surface area (TPSA) is 49.9 Å². The summed E-state index contributed by atoms with van der Waals surface area (Å²) in [5.41, 5.74) is 2.29. The predicted molar refractivity (Wildman–Crippen MR) is 58.9 cm³/mol. The molecule has 1 aromatic rings. The molecule has 0 bridgehead atoms. The van der Waals surface area contributed by atoms with Crippen LogP contribution in [-0.2, 0) is 11.2 Å². The maximum absolute atomic E-state index is 5.71. The van der Waals surface area contributed by atoms with Crippen molar-refractivity contribution in [3.8, 4) is 0 Å². The molecule has 2 N–H and O–H groups in total. The minimum Gasteiger partial charge on any atom is -0.378 e. The van der Waals surface area contributed by atoms with Crippen LogP contribution in [0.15, 0.2) is 6.33 Å². The molecule has 0 atom stereocenters. The van der Waals surface area contributed by atoms with E-state index in [-0.39, 0.29) is 5.60 Å². The molecule has 1 aromatic heterocycles. The molecule has 0 radical (unpaired) electrons. The molecule has 0 aliphatic carbocycles. The van der Waals surface area contributed by atoms with Crippen molar-refractivity contribution < 1.29 is 4.74 Å². The van der Waals surface area contributed by atoms with Crippen LogP contribution in [-0.4, -0.2) is 35.8 Å². The number of hydrogen-bond acceptors (Lipinski definition) is 3. The van der Waals surface area contributed by atoms with Crippen molar-refractivity contribution in [1.82, 2.24) is 15.3 Å². The molecule has 1 aliphatic rings. The van der Waals surface area contributed by atoms with Crippen LogP contribution >= 0.6 is 0 Å². The second-order valence-electron chi connectivity index (χ2n) is 4.29. The number of aromatic nitrogens is 2. The summed E-state index contributed by atoms with van der Waals surface area (Å²) >= 11 is 0. The summed E-state index contributed by atoms with van der Waals surface area (Å²) in [7, 11) is 1.81. The van der Waals surface area contributed by atoms with Gasteiger partial charge in [0.1, 0.15) is 0 Å². The first kappa shape index (κ1) is 10.6. The van der Waals surface area contributed by atoms with Gasteiger partial charge in [-0.2, -0.15) is 0 Å². The van der Waals surface area contributed by atoms with Crippen LogP contribution in [0.5, 0.6) is 0 Å². The van der Waals surface area contributed by atoms with Gasteiger partial charge in [-0.3, -0.25) is 0 Å². The standard InChI is InChI=1S/C11H19N3O/c1-9-10(14-8-13-9)7-11(15-2)3-5-12-6-4-11/h8,12H,3-7H2,1-2H3,(H,13,14). The second-order valence-corrected chi connectivity index (χ2v) is 4.29. The van der Waals surface area contributed by atoms with Crippen molar-refractivity contribution in [3.63, 3.8) is 0 Å². The van der Waals surface area contributed by atoms with E-state index >= 15 is 0 Å². The Labute approximate surface area is 90.4 Å². The normalized spacial score (nSPS) is 20.4. The van der Waals surface area contributed by atoms with Crippen molar-refractivity contribution in [1.29, 1.82) is 0 Å². The molecule has 1 saturated heterocycles. The van der Waals surface area contributed by atoms with E-state index in [0.29, 0.717) is 0 Å². The number of imidazole rings is 1. The van der Waals surface area contributed by atoms with Crippen molar-refractivity contribution in [2.75, 3.05) is 20.2 Å². The van der Waals surface area contributed by atoms with Gasteiger partial charge in [0.2, 0.25) is 0 Å². The first-order chi connectivity index (χ1) is 7.26. The Hall–Kier alpha value is -0.870. The first-order valence-corrected chi connectivity index (χ1v) is 5.50. The Bertz CT molecular complexity index is 315. The van der Waals surface area contributed by atoms with Gasteiger partial charge in [0.25, 0.3) is 0 Å². The van der Waals surface area contributed by atoms with Gasteiger partial charge in [-0.15, -0.1) is 0 Å². The van der Waals surface area contributed by atoms with Gasteiger partial charge in [-0.05, 0) is 32.9 Å². The fourth-order valence-electron chi connectivity index (χ4n) is 2.21. The molecule has 1 aliphatic heterocycles. The number of hydrogen-bond donors (Lipinski definition) is 2. The number of methoxy groups -OCH3 is 1. The van der Waals surface area contributed by atoms with Crippen molar-refractivity contribution in [3.05, 3.63) is 17.7 Å². The molecule has 0 spiro atoms. The zero-order valence-corrected chi connectivity index (χ0v) is 9.47. The second kappa shape index (κ2) is 4.33. The summed E-state index contributed by atoms with van der Waals surface area (Å²) in [5.74, 6) is 0. The molecule has 0 amide bonds. The third-order valence-electron chi connectivity index (χ3n) is 3.37. The average molecular weight is 209 g/mol. The lowest BCUT2D eigenvalue weighted by molar-refractivity contribution is -0.0340. The number of aryl methyl sites for hydroxylation is 1. The molecule has 84 valence electrons. The largest absolute Gasteiger partial charge is 0.378 e. The number of H-pyrrole nitrogens is 1. The summed E-state index contributed by atoms with van der Waals surface area (Å²) < 4.78 is 5.71. The Morgan fingerprint density at radius 3 is 2.73 bits per heavy atom. The molecule has 0 saturated carbocycles. The van der Waals surface area contributed by atoms with E-state index < -0.39 is 0 Å². The van der Waals surface area contributed by atoms with Crippen LogP contribution in [0.3, 0.4) is 0 Å². The molecule has 15 heavy (non-hydrogen) atoms. The van der Waals surface area contributed by atoms with E-state index in [1.807, 2.05) is 7.11 Å². The Balaban J connectivity index is 2.10. The molecule has 2 heterocycles. The molecular weight excluding hydrogens is 190 g/mol. The Morgan fingerprint density at radius 1 is 1.47 bits per heavy atom. The van der Waals surface area contributed by atoms with Gasteiger partial charge in [0, 0.05) is 19.2 Å². The van der Waals surface area contributed by atoms with Gasteiger partial charge >= 0.3 is 0 Å². The molecule has 4 nitrogen and oxygen atoms in total. The highest BCUT2D eigenvalue weighted by atomic mass is 16.5. The number of aromatic amines is 1. The summed E-state index contributed by atoms with van der Waals surface area (Å²) in [6, 6.07) is 0. The lowest BCUT2D eigenvalue weighted by Crippen LogP contribution is -2.45. The number of piperidine rings is 1. The minimum absolute atomic E-state index is 0.00873. The first-order valence-electron chi connectivity index (χ1n) is 5.50. The van der Waals surface area contributed by atoms with Crippen molar-refractivity contribution >= 4 is 0 Å². The summed E-state index contributed by atoms with van der Waals surface area (Å²) in [4.78, 5) is 7.46. The smallest absolute Gasteiger partial charge is 0.0925 e. The van der Waals surface area contributed by atoms with Crippen LogP contribution in [0.1, 0.15) is 24.2 Å². The fraction of sp³-hybridized carbons (Fsp3) is 0.727. The van der Waals surface area contributed by atoms with Gasteiger partial charge in [-0.25, -0.2) is 4.98 Å². The average Bonchev–Trinajstić information content (AvgIpc) is 2.66. The maximum atomic E-state index is 5.71. The van der Waals surface area contributed by atoms with E-state index in [0.717, 1.165) is 43.7 Å². The summed E-state index contributed by atoms with van der Waals surface area (Å²) in [6.07, 6.45) is 4.81. The van der Waals surface area contributed by atoms with Gasteiger partial charge in [-0.1, -0.05) is 0 Å². The Kier molecular flexibility index (Phi) is 3.07. The predicted octanol–water partition coefficient (Wildman–Crippen LogP) is 1.03. The molecule has 0 unspecified atom stereocenters. The minimum atomic E-state index is -0.00873. The van der Waals surface area contributed by atoms with Gasteiger partial charge in [0.05, 0.1) is 17.6 Å². The molecule has 4 heteroatoms. The van der Waals surface area contributed by atoms with Crippen molar-refractivity contribution in [2.45, 2.75) is 31.8 Å². The number of nitrogens with zero attached hydrogens (tertiary/aromatic N) is 1. The summed E-state index contributed by atoms with van der Waals surface area (Å²) in [5, 5.41) is 3.36. The molecular formula is C11H19N3O. The van der Waals surface area contributed by atoms with Gasteiger partial charge < -0.3 is 15.0 Å². The van der Waals surface area contributed by atoms with Crippen molar-refractivity contribution in [2.24, 2.45) is 0 Å². The number of ether oxygens (including phenoxy) is 1. The van der Waals surface area contributed by atoms with Crippen LogP contribution in [0.2, 0.25) is 0 Å². The van der Waals surface area contributed by atoms with Crippen LogP contribution in [0, 0.1) is 6.92 Å². The van der Waals surface area contributed by atoms with E-state index in [1.165, 1.54) is 0 Å². The maximum Gasteiger partial charge on any atom is 0.0925 e. The fourth-order valence-corrected chi connectivity index (χ4v) is 2.21. The highest BCUT2D eigenvalue weighted by Gasteiger charge is 2.33. The third kappa shape index (κ3) is 2.21. The van der Waals surface area contributed by atoms with Crippen LogP contribution < -0.4 is 5.32 Å². The van der Waals surface area contributed by atoms with Gasteiger partial charge in [0.15, 0.2) is 0 Å². The lowest BCUT2D eigenvalue weighted by Gasteiger charge is -2.36. The van der Waals surface area contributed by atoms with Crippen LogP contribution in [0.25, 0.3) is 0 Å². The molecule has 1 fully saturated rings. The zero-order valence-electron chi connectivity index (χ0n) is 9.47. The number of nitrogens with one attached hydrogen (secondary N) is 2. The summed E-state index contributed by atoms with van der Waals surface area (Å²) in [6.45, 7) is 4.14. The van der Waals surface area contributed by atoms with E-state index in [4.69, 9.17) is 4.74 Å². The third-order valence-corrected chi connectivity index (χ3v) is 3.37. The van der Waals surface area contributed by atoms with E-state index in [2.05, 4.69) is 22.2 Å². The zero-order chi connectivity index (χ0) is 10.7. The molecule has 2 rings (SSSR count). The van der Waals surface area contributed by atoms with Crippen LogP contribution in [0.4, 0.5) is 0 Å². The molecule has 0 aromatic carbocycles. The number of rotatable bonds is 3. The SMILES string of the molecule is COC1(Cc2nc[nH]c2C)CCNCC1. The monoisotopic (exact) mass is 209 g/mol. The Morgan fingerprint density at radius 2 is 2.20 bits per heavy atom. The van der Waals surface area contributed by atoms with E-state index in [9.17, 15) is 0 Å². The highest BCUT2D eigenvalue weighted by Crippen LogP contribution is 2.27. The highest BCUT2D eigenvalue weighted by molar-refractivity contribution is 5.12. The quantitative estimate of drug-likeness (QED) is 0.781. The van der Waals surface area contributed by atoms with E-state index in [1.54, 1.807) is 6.33 Å². The lowest BCUT2D eigenvalue weighted by atomic mass is 9.87.